The number of ether oxygens (including phenoxy) is 1. The molecule has 28 heavy (non-hydrogen) atoms. The molecule has 0 saturated carbocycles. The SMILES string of the molecule is COc1cccc(C(=O)N2C(C(=O)NCC(C)C)CSC2c2ccccc2)c1. The Balaban J connectivity index is 1.92. The van der Waals surface area contributed by atoms with Gasteiger partial charge in [0.2, 0.25) is 5.91 Å². The summed E-state index contributed by atoms with van der Waals surface area (Å²) in [5.74, 6) is 1.28. The number of rotatable bonds is 6. The molecule has 1 heterocycles. The molecule has 148 valence electrons. The van der Waals surface area contributed by atoms with Crippen LogP contribution < -0.4 is 10.1 Å². The Kier molecular flexibility index (Phi) is 6.62. The molecule has 1 N–H and O–H groups in total. The summed E-state index contributed by atoms with van der Waals surface area (Å²) in [6.07, 6.45) is 0. The van der Waals surface area contributed by atoms with E-state index >= 15 is 0 Å². The van der Waals surface area contributed by atoms with Crippen molar-refractivity contribution in [2.45, 2.75) is 25.3 Å². The van der Waals surface area contributed by atoms with Crippen molar-refractivity contribution in [3.05, 3.63) is 65.7 Å². The zero-order chi connectivity index (χ0) is 20.1. The van der Waals surface area contributed by atoms with Crippen molar-refractivity contribution in [1.82, 2.24) is 10.2 Å². The summed E-state index contributed by atoms with van der Waals surface area (Å²) in [5, 5.41) is 2.78. The van der Waals surface area contributed by atoms with Crippen LogP contribution in [-0.4, -0.2) is 42.2 Å². The van der Waals surface area contributed by atoms with Gasteiger partial charge in [0.1, 0.15) is 17.2 Å². The first-order chi connectivity index (χ1) is 13.5. The van der Waals surface area contributed by atoms with Gasteiger partial charge in [-0.1, -0.05) is 50.2 Å². The van der Waals surface area contributed by atoms with Gasteiger partial charge >= 0.3 is 0 Å². The van der Waals surface area contributed by atoms with Crippen LogP contribution in [0.4, 0.5) is 0 Å². The molecule has 1 saturated heterocycles. The standard InChI is InChI=1S/C22H26N2O3S/c1-15(2)13-23-20(25)19-14-28-22(16-8-5-4-6-9-16)24(19)21(26)17-10-7-11-18(12-17)27-3/h4-12,15,19,22H,13-14H2,1-3H3,(H,23,25). The molecule has 1 aliphatic rings. The summed E-state index contributed by atoms with van der Waals surface area (Å²) in [4.78, 5) is 28.0. The lowest BCUT2D eigenvalue weighted by atomic mass is 10.1. The first-order valence-electron chi connectivity index (χ1n) is 9.42. The summed E-state index contributed by atoms with van der Waals surface area (Å²) >= 11 is 1.62. The van der Waals surface area contributed by atoms with Crippen LogP contribution >= 0.6 is 11.8 Å². The van der Waals surface area contributed by atoms with Crippen molar-refractivity contribution >= 4 is 23.6 Å². The van der Waals surface area contributed by atoms with Crippen molar-refractivity contribution in [2.75, 3.05) is 19.4 Å². The number of nitrogens with one attached hydrogen (secondary N) is 1. The van der Waals surface area contributed by atoms with E-state index in [4.69, 9.17) is 4.74 Å². The largest absolute Gasteiger partial charge is 0.497 e. The lowest BCUT2D eigenvalue weighted by Crippen LogP contribution is -2.48. The molecular weight excluding hydrogens is 372 g/mol. The Morgan fingerprint density at radius 1 is 1.18 bits per heavy atom. The molecule has 2 aromatic rings. The molecule has 0 spiro atoms. The van der Waals surface area contributed by atoms with E-state index in [0.717, 1.165) is 5.56 Å². The molecule has 2 atom stereocenters. The average Bonchev–Trinajstić information content (AvgIpc) is 3.17. The van der Waals surface area contributed by atoms with E-state index in [1.54, 1.807) is 48.0 Å². The van der Waals surface area contributed by atoms with Crippen LogP contribution in [-0.2, 0) is 4.79 Å². The van der Waals surface area contributed by atoms with Gasteiger partial charge in [0.15, 0.2) is 0 Å². The highest BCUT2D eigenvalue weighted by Crippen LogP contribution is 2.42. The summed E-state index contributed by atoms with van der Waals surface area (Å²) < 4.78 is 5.26. The van der Waals surface area contributed by atoms with Crippen LogP contribution in [0.5, 0.6) is 5.75 Å². The molecule has 6 heteroatoms. The number of amides is 2. The highest BCUT2D eigenvalue weighted by molar-refractivity contribution is 7.99. The van der Waals surface area contributed by atoms with E-state index in [9.17, 15) is 9.59 Å². The predicted octanol–water partition coefficient (Wildman–Crippen LogP) is 3.72. The maximum Gasteiger partial charge on any atom is 0.255 e. The summed E-state index contributed by atoms with van der Waals surface area (Å²) in [6, 6.07) is 16.4. The summed E-state index contributed by atoms with van der Waals surface area (Å²) in [7, 11) is 1.57. The predicted molar refractivity (Wildman–Crippen MR) is 112 cm³/mol. The van der Waals surface area contributed by atoms with Crippen LogP contribution in [0.3, 0.4) is 0 Å². The van der Waals surface area contributed by atoms with Crippen LogP contribution in [0.1, 0.15) is 35.1 Å². The second-order valence-corrected chi connectivity index (χ2v) is 8.31. The van der Waals surface area contributed by atoms with Gasteiger partial charge in [-0.25, -0.2) is 0 Å². The number of hydrogen-bond acceptors (Lipinski definition) is 4. The first-order valence-corrected chi connectivity index (χ1v) is 10.5. The molecular formula is C22H26N2O3S. The Labute approximate surface area is 170 Å². The van der Waals surface area contributed by atoms with Crippen molar-refractivity contribution in [2.24, 2.45) is 5.92 Å². The number of nitrogens with zero attached hydrogens (tertiary/aromatic N) is 1. The van der Waals surface area contributed by atoms with E-state index < -0.39 is 6.04 Å². The second kappa shape index (κ2) is 9.15. The number of carbonyl (C=O) groups is 2. The third-order valence-corrected chi connectivity index (χ3v) is 5.95. The normalized spacial score (nSPS) is 18.9. The molecule has 2 unspecified atom stereocenters. The molecule has 0 aromatic heterocycles. The zero-order valence-corrected chi connectivity index (χ0v) is 17.2. The minimum Gasteiger partial charge on any atom is -0.497 e. The molecule has 0 bridgehead atoms. The highest BCUT2D eigenvalue weighted by Gasteiger charge is 2.42. The van der Waals surface area contributed by atoms with Gasteiger partial charge in [-0.05, 0) is 29.7 Å². The first kappa shape index (κ1) is 20.3. The maximum atomic E-state index is 13.4. The van der Waals surface area contributed by atoms with Gasteiger partial charge in [-0.2, -0.15) is 0 Å². The number of benzene rings is 2. The van der Waals surface area contributed by atoms with Crippen LogP contribution in [0.25, 0.3) is 0 Å². The van der Waals surface area contributed by atoms with Gasteiger partial charge < -0.3 is 15.0 Å². The minimum absolute atomic E-state index is 0.101. The van der Waals surface area contributed by atoms with Gasteiger partial charge in [-0.3, -0.25) is 9.59 Å². The fourth-order valence-corrected chi connectivity index (χ4v) is 4.59. The van der Waals surface area contributed by atoms with E-state index in [2.05, 4.69) is 19.2 Å². The second-order valence-electron chi connectivity index (χ2n) is 7.20. The fourth-order valence-electron chi connectivity index (χ4n) is 3.16. The zero-order valence-electron chi connectivity index (χ0n) is 16.4. The molecule has 1 fully saturated rings. The Hall–Kier alpha value is -2.47. The summed E-state index contributed by atoms with van der Waals surface area (Å²) in [5.41, 5.74) is 1.53. The van der Waals surface area contributed by atoms with Crippen LogP contribution in [0.15, 0.2) is 54.6 Å². The third kappa shape index (κ3) is 4.50. The number of carbonyl (C=O) groups excluding carboxylic acids is 2. The Bertz CT molecular complexity index is 826. The van der Waals surface area contributed by atoms with Crippen molar-refractivity contribution in [3.8, 4) is 5.75 Å². The van der Waals surface area contributed by atoms with Gasteiger partial charge in [0, 0.05) is 17.9 Å². The molecule has 0 aliphatic carbocycles. The average molecular weight is 399 g/mol. The van der Waals surface area contributed by atoms with Crippen LogP contribution in [0, 0.1) is 5.92 Å². The minimum atomic E-state index is -0.507. The highest BCUT2D eigenvalue weighted by atomic mass is 32.2. The van der Waals surface area contributed by atoms with E-state index in [0.29, 0.717) is 29.5 Å². The van der Waals surface area contributed by atoms with Crippen LogP contribution in [0.2, 0.25) is 0 Å². The fraction of sp³-hybridized carbons (Fsp3) is 0.364. The maximum absolute atomic E-state index is 13.4. The number of methoxy groups -OCH3 is 1. The third-order valence-electron chi connectivity index (χ3n) is 4.62. The van der Waals surface area contributed by atoms with Gasteiger partial charge in [0.05, 0.1) is 7.11 Å². The van der Waals surface area contributed by atoms with E-state index in [1.165, 1.54) is 0 Å². The van der Waals surface area contributed by atoms with Crippen molar-refractivity contribution in [1.29, 1.82) is 0 Å². The summed E-state index contributed by atoms with van der Waals surface area (Å²) in [6.45, 7) is 4.70. The van der Waals surface area contributed by atoms with Crippen molar-refractivity contribution in [3.63, 3.8) is 0 Å². The quantitative estimate of drug-likeness (QED) is 0.806. The van der Waals surface area contributed by atoms with E-state index in [1.807, 2.05) is 30.3 Å². The molecule has 5 nitrogen and oxygen atoms in total. The monoisotopic (exact) mass is 398 g/mol. The number of hydrogen-bond donors (Lipinski definition) is 1. The van der Waals surface area contributed by atoms with Crippen molar-refractivity contribution < 1.29 is 14.3 Å². The Morgan fingerprint density at radius 2 is 1.93 bits per heavy atom. The molecule has 2 aromatic carbocycles. The van der Waals surface area contributed by atoms with Gasteiger partial charge in [-0.15, -0.1) is 11.8 Å². The molecule has 2 amide bonds. The molecule has 1 aliphatic heterocycles. The Morgan fingerprint density at radius 3 is 2.61 bits per heavy atom. The topological polar surface area (TPSA) is 58.6 Å². The number of thioether (sulfide) groups is 1. The van der Waals surface area contributed by atoms with E-state index in [-0.39, 0.29) is 17.2 Å². The van der Waals surface area contributed by atoms with Gasteiger partial charge in [0.25, 0.3) is 5.91 Å². The molecule has 3 rings (SSSR count). The lowest BCUT2D eigenvalue weighted by Gasteiger charge is -2.29. The molecule has 0 radical (unpaired) electrons. The smallest absolute Gasteiger partial charge is 0.255 e. The lowest BCUT2D eigenvalue weighted by molar-refractivity contribution is -0.125.